The van der Waals surface area contributed by atoms with Gasteiger partial charge in [0.25, 0.3) is 0 Å². The third kappa shape index (κ3) is 7.97. The molecular weight excluding hydrogens is 230 g/mol. The Morgan fingerprint density at radius 2 is 1.47 bits per heavy atom. The fourth-order valence-electron chi connectivity index (χ4n) is 3.72. The van der Waals surface area contributed by atoms with Crippen LogP contribution >= 0.6 is 0 Å². The summed E-state index contributed by atoms with van der Waals surface area (Å²) in [5, 5.41) is 0. The summed E-state index contributed by atoms with van der Waals surface area (Å²) >= 11 is 0. The minimum atomic E-state index is -0.0650. The fraction of sp³-hybridized carbons (Fsp3) is 1.00. The molecule has 0 rings (SSSR count). The molecule has 0 saturated carbocycles. The van der Waals surface area contributed by atoms with Gasteiger partial charge in [-0.1, -0.05) is 60.8 Å². The summed E-state index contributed by atoms with van der Waals surface area (Å²) in [6, 6.07) is 0. The Labute approximate surface area is 122 Å². The zero-order valence-electron chi connectivity index (χ0n) is 14.9. The molecule has 0 aromatic heterocycles. The summed E-state index contributed by atoms with van der Waals surface area (Å²) in [5.41, 5.74) is 6.99. The van der Waals surface area contributed by atoms with Crippen LogP contribution < -0.4 is 5.73 Å². The minimum absolute atomic E-state index is 0.0650. The zero-order chi connectivity index (χ0) is 15.3. The quantitative estimate of drug-likeness (QED) is 0.564. The Morgan fingerprint density at radius 3 is 1.84 bits per heavy atom. The van der Waals surface area contributed by atoms with Crippen molar-refractivity contribution < 1.29 is 0 Å². The van der Waals surface area contributed by atoms with Gasteiger partial charge < -0.3 is 5.73 Å². The second kappa shape index (κ2) is 7.11. The van der Waals surface area contributed by atoms with Gasteiger partial charge in [-0.2, -0.15) is 0 Å². The van der Waals surface area contributed by atoms with Gasteiger partial charge in [0.15, 0.2) is 0 Å². The Balaban J connectivity index is 4.72. The van der Waals surface area contributed by atoms with E-state index >= 15 is 0 Å². The molecule has 1 atom stereocenters. The molecule has 0 aromatic rings. The average molecular weight is 270 g/mol. The third-order valence-electron chi connectivity index (χ3n) is 4.52. The SMILES string of the molecule is CCCCC(C)(C)CC(CC)C(C)(C)CC(C)(C)N. The summed E-state index contributed by atoms with van der Waals surface area (Å²) in [6.45, 7) is 18.6. The van der Waals surface area contributed by atoms with Crippen molar-refractivity contribution in [2.24, 2.45) is 22.5 Å². The maximum absolute atomic E-state index is 6.26. The van der Waals surface area contributed by atoms with E-state index in [-0.39, 0.29) is 5.54 Å². The van der Waals surface area contributed by atoms with Crippen LogP contribution in [0.4, 0.5) is 0 Å². The van der Waals surface area contributed by atoms with Crippen molar-refractivity contribution in [2.45, 2.75) is 99.5 Å². The van der Waals surface area contributed by atoms with Gasteiger partial charge in [-0.05, 0) is 49.9 Å². The lowest BCUT2D eigenvalue weighted by Crippen LogP contribution is -2.41. The second-order valence-corrected chi connectivity index (χ2v) is 8.73. The fourth-order valence-corrected chi connectivity index (χ4v) is 3.72. The number of nitrogens with two attached hydrogens (primary N) is 1. The average Bonchev–Trinajstić information content (AvgIpc) is 2.19. The normalized spacial score (nSPS) is 15.6. The summed E-state index contributed by atoms with van der Waals surface area (Å²) in [6.07, 6.45) is 7.70. The van der Waals surface area contributed by atoms with Gasteiger partial charge in [0.2, 0.25) is 0 Å². The summed E-state index contributed by atoms with van der Waals surface area (Å²) in [5.74, 6) is 0.766. The van der Waals surface area contributed by atoms with Crippen molar-refractivity contribution in [3.05, 3.63) is 0 Å². The molecule has 0 amide bonds. The standard InChI is InChI=1S/C18H39N/c1-9-11-12-16(3,4)13-15(10-2)17(5,6)14-18(7,8)19/h15H,9-14,19H2,1-8H3. The molecule has 19 heavy (non-hydrogen) atoms. The Kier molecular flexibility index (Phi) is 7.09. The maximum atomic E-state index is 6.26. The largest absolute Gasteiger partial charge is 0.326 e. The lowest BCUT2D eigenvalue weighted by Gasteiger charge is -2.42. The van der Waals surface area contributed by atoms with Gasteiger partial charge >= 0.3 is 0 Å². The smallest absolute Gasteiger partial charge is 0.0102 e. The van der Waals surface area contributed by atoms with Gasteiger partial charge in [0.05, 0.1) is 0 Å². The van der Waals surface area contributed by atoms with Crippen molar-refractivity contribution in [3.63, 3.8) is 0 Å². The van der Waals surface area contributed by atoms with Crippen LogP contribution in [0.1, 0.15) is 93.9 Å². The van der Waals surface area contributed by atoms with Crippen LogP contribution in [0.15, 0.2) is 0 Å². The van der Waals surface area contributed by atoms with E-state index < -0.39 is 0 Å². The van der Waals surface area contributed by atoms with Crippen LogP contribution in [0.2, 0.25) is 0 Å². The number of unbranched alkanes of at least 4 members (excludes halogenated alkanes) is 1. The first kappa shape index (κ1) is 19.0. The van der Waals surface area contributed by atoms with Gasteiger partial charge in [-0.15, -0.1) is 0 Å². The van der Waals surface area contributed by atoms with E-state index in [1.807, 2.05) is 0 Å². The molecule has 0 aliphatic rings. The maximum Gasteiger partial charge on any atom is 0.0102 e. The van der Waals surface area contributed by atoms with Gasteiger partial charge in [0.1, 0.15) is 0 Å². The number of hydrogen-bond acceptors (Lipinski definition) is 1. The van der Waals surface area contributed by atoms with E-state index in [1.54, 1.807) is 0 Å². The molecule has 0 aliphatic carbocycles. The highest BCUT2D eigenvalue weighted by molar-refractivity contribution is 4.88. The molecule has 1 unspecified atom stereocenters. The molecule has 0 spiro atoms. The first-order valence-corrected chi connectivity index (χ1v) is 8.22. The van der Waals surface area contributed by atoms with Crippen LogP contribution in [0, 0.1) is 16.7 Å². The lowest BCUT2D eigenvalue weighted by molar-refractivity contribution is 0.0984. The predicted octanol–water partition coefficient (Wildman–Crippen LogP) is 5.77. The zero-order valence-corrected chi connectivity index (χ0v) is 14.9. The number of hydrogen-bond donors (Lipinski definition) is 1. The van der Waals surface area contributed by atoms with E-state index in [0.717, 1.165) is 12.3 Å². The van der Waals surface area contributed by atoms with Crippen molar-refractivity contribution in [1.82, 2.24) is 0 Å². The third-order valence-corrected chi connectivity index (χ3v) is 4.52. The highest BCUT2D eigenvalue weighted by Gasteiger charge is 2.35. The molecule has 0 bridgehead atoms. The van der Waals surface area contributed by atoms with Gasteiger partial charge in [-0.3, -0.25) is 0 Å². The summed E-state index contributed by atoms with van der Waals surface area (Å²) in [7, 11) is 0. The first-order valence-electron chi connectivity index (χ1n) is 8.22. The Bertz CT molecular complexity index is 245. The molecule has 0 aliphatic heterocycles. The van der Waals surface area contributed by atoms with Crippen LogP contribution in [-0.2, 0) is 0 Å². The Hall–Kier alpha value is -0.0400. The van der Waals surface area contributed by atoms with Crippen molar-refractivity contribution in [3.8, 4) is 0 Å². The van der Waals surface area contributed by atoms with Crippen LogP contribution in [0.25, 0.3) is 0 Å². The van der Waals surface area contributed by atoms with Crippen molar-refractivity contribution in [1.29, 1.82) is 0 Å². The van der Waals surface area contributed by atoms with E-state index in [0.29, 0.717) is 10.8 Å². The molecular formula is C18H39N. The topological polar surface area (TPSA) is 26.0 Å². The highest BCUT2D eigenvalue weighted by atomic mass is 14.7. The summed E-state index contributed by atoms with van der Waals surface area (Å²) in [4.78, 5) is 0. The monoisotopic (exact) mass is 269 g/mol. The molecule has 2 N–H and O–H groups in total. The molecule has 0 aromatic carbocycles. The molecule has 0 heterocycles. The second-order valence-electron chi connectivity index (χ2n) is 8.73. The molecule has 116 valence electrons. The van der Waals surface area contributed by atoms with E-state index in [2.05, 4.69) is 55.4 Å². The van der Waals surface area contributed by atoms with Crippen molar-refractivity contribution in [2.75, 3.05) is 0 Å². The summed E-state index contributed by atoms with van der Waals surface area (Å²) < 4.78 is 0. The van der Waals surface area contributed by atoms with Gasteiger partial charge in [0, 0.05) is 5.54 Å². The molecule has 0 saturated heterocycles. The number of rotatable bonds is 9. The van der Waals surface area contributed by atoms with E-state index in [4.69, 9.17) is 5.73 Å². The minimum Gasteiger partial charge on any atom is -0.326 e. The highest BCUT2D eigenvalue weighted by Crippen LogP contribution is 2.44. The van der Waals surface area contributed by atoms with Crippen LogP contribution in [0.5, 0.6) is 0 Å². The molecule has 0 fully saturated rings. The lowest BCUT2D eigenvalue weighted by atomic mass is 9.64. The first-order chi connectivity index (χ1) is 8.43. The van der Waals surface area contributed by atoms with Gasteiger partial charge in [-0.25, -0.2) is 0 Å². The molecule has 1 heteroatoms. The van der Waals surface area contributed by atoms with E-state index in [1.165, 1.54) is 32.1 Å². The Morgan fingerprint density at radius 1 is 0.947 bits per heavy atom. The van der Waals surface area contributed by atoms with Crippen molar-refractivity contribution >= 4 is 0 Å². The van der Waals surface area contributed by atoms with Crippen LogP contribution in [0.3, 0.4) is 0 Å². The van der Waals surface area contributed by atoms with Crippen LogP contribution in [-0.4, -0.2) is 5.54 Å². The predicted molar refractivity (Wildman–Crippen MR) is 88.4 cm³/mol. The molecule has 1 nitrogen and oxygen atoms in total. The molecule has 0 radical (unpaired) electrons. The van der Waals surface area contributed by atoms with E-state index in [9.17, 15) is 0 Å².